The van der Waals surface area contributed by atoms with E-state index in [0.29, 0.717) is 25.0 Å². The van der Waals surface area contributed by atoms with Gasteiger partial charge in [-0.25, -0.2) is 0 Å². The van der Waals surface area contributed by atoms with Crippen LogP contribution in [0.15, 0.2) is 0 Å². The fourth-order valence-electron chi connectivity index (χ4n) is 3.13. The van der Waals surface area contributed by atoms with E-state index < -0.39 is 0 Å². The Labute approximate surface area is 126 Å². The average Bonchev–Trinajstić information content (AvgIpc) is 3.13. The molecule has 6 nitrogen and oxygen atoms in total. The van der Waals surface area contributed by atoms with Gasteiger partial charge in [-0.3, -0.25) is 14.5 Å². The van der Waals surface area contributed by atoms with Crippen LogP contribution in [0.3, 0.4) is 0 Å². The van der Waals surface area contributed by atoms with Gasteiger partial charge in [0.15, 0.2) is 0 Å². The van der Waals surface area contributed by atoms with Crippen LogP contribution in [0, 0.1) is 0 Å². The number of nitrogens with one attached hydrogen (secondary N) is 2. The van der Waals surface area contributed by atoms with Gasteiger partial charge in [-0.1, -0.05) is 0 Å². The Bertz CT molecular complexity index is 383. The van der Waals surface area contributed by atoms with Crippen LogP contribution in [0.5, 0.6) is 0 Å². The number of carbonyl (C=O) groups is 2. The first kappa shape index (κ1) is 14.8. The first-order valence-corrected chi connectivity index (χ1v) is 8.23. The zero-order valence-corrected chi connectivity index (χ0v) is 12.6. The normalized spacial score (nSPS) is 26.9. The van der Waals surface area contributed by atoms with Crippen molar-refractivity contribution < 1.29 is 9.59 Å². The summed E-state index contributed by atoms with van der Waals surface area (Å²) in [5.41, 5.74) is 0. The molecular formula is C15H26N4O2. The number of hydrogen-bond donors (Lipinski definition) is 2. The molecular weight excluding hydrogens is 268 g/mol. The highest BCUT2D eigenvalue weighted by molar-refractivity contribution is 5.79. The van der Waals surface area contributed by atoms with E-state index in [4.69, 9.17) is 0 Å². The molecule has 118 valence electrons. The second-order valence-electron chi connectivity index (χ2n) is 6.50. The molecule has 2 amide bonds. The maximum Gasteiger partial charge on any atom is 0.234 e. The summed E-state index contributed by atoms with van der Waals surface area (Å²) in [5, 5.41) is 6.39. The van der Waals surface area contributed by atoms with E-state index in [-0.39, 0.29) is 11.8 Å². The third-order valence-corrected chi connectivity index (χ3v) is 4.62. The summed E-state index contributed by atoms with van der Waals surface area (Å²) in [7, 11) is 0. The second-order valence-corrected chi connectivity index (χ2v) is 6.50. The number of hydrogen-bond acceptors (Lipinski definition) is 4. The molecule has 2 saturated heterocycles. The lowest BCUT2D eigenvalue weighted by molar-refractivity contribution is -0.133. The molecule has 0 aromatic rings. The summed E-state index contributed by atoms with van der Waals surface area (Å²) in [6, 6.07) is 0.805. The summed E-state index contributed by atoms with van der Waals surface area (Å²) < 4.78 is 0. The van der Waals surface area contributed by atoms with Crippen molar-refractivity contribution in [3.63, 3.8) is 0 Å². The van der Waals surface area contributed by atoms with Gasteiger partial charge in [-0.05, 0) is 32.2 Å². The first-order valence-electron chi connectivity index (χ1n) is 8.23. The predicted molar refractivity (Wildman–Crippen MR) is 79.8 cm³/mol. The molecule has 1 saturated carbocycles. The molecule has 0 aromatic carbocycles. The fourth-order valence-corrected chi connectivity index (χ4v) is 3.13. The van der Waals surface area contributed by atoms with Crippen molar-refractivity contribution in [3.05, 3.63) is 0 Å². The van der Waals surface area contributed by atoms with Crippen molar-refractivity contribution in [1.29, 1.82) is 0 Å². The van der Waals surface area contributed by atoms with Gasteiger partial charge in [0, 0.05) is 44.7 Å². The zero-order chi connectivity index (χ0) is 14.7. The molecule has 2 heterocycles. The monoisotopic (exact) mass is 294 g/mol. The van der Waals surface area contributed by atoms with Crippen LogP contribution >= 0.6 is 0 Å². The molecule has 0 spiro atoms. The minimum Gasteiger partial charge on any atom is -0.352 e. The van der Waals surface area contributed by atoms with Gasteiger partial charge in [0.05, 0.1) is 6.54 Å². The Morgan fingerprint density at radius 1 is 1.10 bits per heavy atom. The van der Waals surface area contributed by atoms with Gasteiger partial charge in [0.25, 0.3) is 0 Å². The minimum atomic E-state index is 0.132. The maximum atomic E-state index is 12.2. The van der Waals surface area contributed by atoms with E-state index in [1.165, 1.54) is 6.42 Å². The minimum absolute atomic E-state index is 0.132. The van der Waals surface area contributed by atoms with E-state index >= 15 is 0 Å². The number of nitrogens with zero attached hydrogens (tertiary/aromatic N) is 2. The van der Waals surface area contributed by atoms with Gasteiger partial charge in [-0.2, -0.15) is 0 Å². The zero-order valence-electron chi connectivity index (χ0n) is 12.6. The van der Waals surface area contributed by atoms with Crippen LogP contribution in [-0.4, -0.2) is 73.0 Å². The first-order chi connectivity index (χ1) is 10.2. The third kappa shape index (κ3) is 4.41. The number of carbonyl (C=O) groups excluding carboxylic acids is 2. The molecule has 0 bridgehead atoms. The van der Waals surface area contributed by atoms with Gasteiger partial charge in [0.1, 0.15) is 0 Å². The highest BCUT2D eigenvalue weighted by atomic mass is 16.2. The van der Waals surface area contributed by atoms with E-state index in [1.54, 1.807) is 0 Å². The highest BCUT2D eigenvalue weighted by Crippen LogP contribution is 2.18. The summed E-state index contributed by atoms with van der Waals surface area (Å²) in [6.07, 6.45) is 5.18. The van der Waals surface area contributed by atoms with Crippen molar-refractivity contribution in [2.75, 3.05) is 39.3 Å². The second kappa shape index (κ2) is 6.75. The third-order valence-electron chi connectivity index (χ3n) is 4.62. The van der Waals surface area contributed by atoms with Crippen LogP contribution in [0.4, 0.5) is 0 Å². The van der Waals surface area contributed by atoms with Gasteiger partial charge in [0.2, 0.25) is 11.8 Å². The molecule has 3 aliphatic rings. The molecule has 1 unspecified atom stereocenters. The van der Waals surface area contributed by atoms with Crippen LogP contribution in [0.2, 0.25) is 0 Å². The number of amides is 2. The topological polar surface area (TPSA) is 64.7 Å². The van der Waals surface area contributed by atoms with Crippen molar-refractivity contribution in [2.45, 2.75) is 44.2 Å². The van der Waals surface area contributed by atoms with E-state index in [9.17, 15) is 9.59 Å². The summed E-state index contributed by atoms with van der Waals surface area (Å²) in [6.45, 7) is 4.64. The molecule has 2 aliphatic heterocycles. The summed E-state index contributed by atoms with van der Waals surface area (Å²) in [4.78, 5) is 28.1. The van der Waals surface area contributed by atoms with Crippen molar-refractivity contribution in [3.8, 4) is 0 Å². The Kier molecular flexibility index (Phi) is 4.75. The van der Waals surface area contributed by atoms with Crippen molar-refractivity contribution in [1.82, 2.24) is 20.4 Å². The van der Waals surface area contributed by atoms with Gasteiger partial charge < -0.3 is 15.5 Å². The average molecular weight is 294 g/mol. The lowest BCUT2D eigenvalue weighted by Crippen LogP contribution is -2.51. The van der Waals surface area contributed by atoms with Crippen molar-refractivity contribution >= 4 is 11.8 Å². The molecule has 0 aromatic heterocycles. The molecule has 1 atom stereocenters. The standard InChI is InChI=1S/C15H26N4O2/c20-14(17-12-3-4-12)11-18-6-8-19(9-7-18)15(21)10-13-2-1-5-16-13/h12-13,16H,1-11H2,(H,17,20). The van der Waals surface area contributed by atoms with E-state index in [2.05, 4.69) is 15.5 Å². The van der Waals surface area contributed by atoms with Crippen LogP contribution < -0.4 is 10.6 Å². The van der Waals surface area contributed by atoms with E-state index in [1.807, 2.05) is 4.90 Å². The lowest BCUT2D eigenvalue weighted by atomic mass is 10.1. The maximum absolute atomic E-state index is 12.2. The molecule has 1 aliphatic carbocycles. The summed E-state index contributed by atoms with van der Waals surface area (Å²) in [5.74, 6) is 0.393. The molecule has 21 heavy (non-hydrogen) atoms. The van der Waals surface area contributed by atoms with Crippen LogP contribution in [-0.2, 0) is 9.59 Å². The number of piperazine rings is 1. The SMILES string of the molecule is O=C(CN1CCN(C(=O)CC2CCCN2)CC1)NC1CC1. The van der Waals surface area contributed by atoms with Crippen LogP contribution in [0.25, 0.3) is 0 Å². The highest BCUT2D eigenvalue weighted by Gasteiger charge is 2.27. The molecule has 3 fully saturated rings. The molecule has 3 rings (SSSR count). The Morgan fingerprint density at radius 2 is 1.86 bits per heavy atom. The smallest absolute Gasteiger partial charge is 0.234 e. The number of rotatable bonds is 5. The molecule has 0 radical (unpaired) electrons. The summed E-state index contributed by atoms with van der Waals surface area (Å²) >= 11 is 0. The van der Waals surface area contributed by atoms with Crippen molar-refractivity contribution in [2.24, 2.45) is 0 Å². The van der Waals surface area contributed by atoms with Gasteiger partial charge in [-0.15, -0.1) is 0 Å². The van der Waals surface area contributed by atoms with E-state index in [0.717, 1.165) is 52.0 Å². The molecule has 6 heteroatoms. The largest absolute Gasteiger partial charge is 0.352 e. The lowest BCUT2D eigenvalue weighted by Gasteiger charge is -2.34. The van der Waals surface area contributed by atoms with Gasteiger partial charge >= 0.3 is 0 Å². The fraction of sp³-hybridized carbons (Fsp3) is 0.867. The quantitative estimate of drug-likeness (QED) is 0.721. The van der Waals surface area contributed by atoms with Crippen LogP contribution in [0.1, 0.15) is 32.1 Å². The Balaban J connectivity index is 1.35. The Hall–Kier alpha value is -1.14. The predicted octanol–water partition coefficient (Wildman–Crippen LogP) is -0.449. The Morgan fingerprint density at radius 3 is 2.48 bits per heavy atom. The molecule has 2 N–H and O–H groups in total.